The van der Waals surface area contributed by atoms with Crippen molar-refractivity contribution in [3.63, 3.8) is 0 Å². The molecule has 0 heterocycles. The van der Waals surface area contributed by atoms with E-state index >= 15 is 0 Å². The second kappa shape index (κ2) is 2.61. The number of ether oxygens (including phenoxy) is 1. The molecule has 1 fully saturated rings. The fraction of sp³-hybridized carbons (Fsp3) is 0.700. The third-order valence-electron chi connectivity index (χ3n) is 2.82. The van der Waals surface area contributed by atoms with E-state index in [1.54, 1.807) is 0 Å². The zero-order valence-electron chi connectivity index (χ0n) is 7.43. The number of carbonyl (C=O) groups excluding carboxylic acids is 1. The molecule has 0 radical (unpaired) electrons. The van der Waals surface area contributed by atoms with Crippen LogP contribution in [0.5, 0.6) is 0 Å². The Bertz CT molecular complexity index is 242. The SMILES string of the molecule is CCOC(=O)C12C=C1CCCC2. The number of carbonyl (C=O) groups is 1. The van der Waals surface area contributed by atoms with Crippen LogP contribution in [-0.4, -0.2) is 12.6 Å². The van der Waals surface area contributed by atoms with Crippen LogP contribution in [0.4, 0.5) is 0 Å². The Labute approximate surface area is 72.6 Å². The van der Waals surface area contributed by atoms with E-state index in [0.29, 0.717) is 6.61 Å². The van der Waals surface area contributed by atoms with Crippen LogP contribution >= 0.6 is 0 Å². The third-order valence-corrected chi connectivity index (χ3v) is 2.82. The summed E-state index contributed by atoms with van der Waals surface area (Å²) >= 11 is 0. The lowest BCUT2D eigenvalue weighted by Crippen LogP contribution is -2.24. The molecule has 2 aliphatic carbocycles. The molecule has 0 N–H and O–H groups in total. The van der Waals surface area contributed by atoms with Crippen molar-refractivity contribution in [1.29, 1.82) is 0 Å². The molecule has 0 bridgehead atoms. The van der Waals surface area contributed by atoms with Crippen LogP contribution in [0.2, 0.25) is 0 Å². The van der Waals surface area contributed by atoms with Gasteiger partial charge in [-0.15, -0.1) is 0 Å². The van der Waals surface area contributed by atoms with Crippen LogP contribution in [0.1, 0.15) is 32.6 Å². The van der Waals surface area contributed by atoms with E-state index in [2.05, 4.69) is 6.08 Å². The van der Waals surface area contributed by atoms with Crippen LogP contribution < -0.4 is 0 Å². The molecule has 2 aliphatic rings. The molecule has 1 saturated carbocycles. The van der Waals surface area contributed by atoms with Crippen molar-refractivity contribution < 1.29 is 9.53 Å². The fourth-order valence-electron chi connectivity index (χ4n) is 2.06. The Balaban J connectivity index is 2.00. The fourth-order valence-corrected chi connectivity index (χ4v) is 2.06. The van der Waals surface area contributed by atoms with Crippen molar-refractivity contribution in [2.24, 2.45) is 5.41 Å². The lowest BCUT2D eigenvalue weighted by atomic mass is 9.86. The van der Waals surface area contributed by atoms with Gasteiger partial charge in [-0.05, 0) is 26.2 Å². The van der Waals surface area contributed by atoms with Crippen molar-refractivity contribution >= 4 is 5.97 Å². The second-order valence-electron chi connectivity index (χ2n) is 3.57. The highest BCUT2D eigenvalue weighted by molar-refractivity contribution is 5.89. The minimum atomic E-state index is -0.214. The molecule has 0 aromatic rings. The highest BCUT2D eigenvalue weighted by Gasteiger charge is 2.52. The summed E-state index contributed by atoms with van der Waals surface area (Å²) in [5.74, 6) is -0.0142. The van der Waals surface area contributed by atoms with E-state index in [0.717, 1.165) is 12.8 Å². The second-order valence-corrected chi connectivity index (χ2v) is 3.57. The summed E-state index contributed by atoms with van der Waals surface area (Å²) in [5, 5.41) is 0. The van der Waals surface area contributed by atoms with E-state index < -0.39 is 0 Å². The number of esters is 1. The van der Waals surface area contributed by atoms with Crippen LogP contribution in [-0.2, 0) is 9.53 Å². The van der Waals surface area contributed by atoms with Crippen molar-refractivity contribution in [3.05, 3.63) is 11.6 Å². The first-order valence-electron chi connectivity index (χ1n) is 4.69. The number of hydrogen-bond donors (Lipinski definition) is 0. The normalized spacial score (nSPS) is 31.9. The van der Waals surface area contributed by atoms with Crippen molar-refractivity contribution in [2.45, 2.75) is 32.6 Å². The molecule has 0 aromatic carbocycles. The maximum atomic E-state index is 11.5. The summed E-state index contributed by atoms with van der Waals surface area (Å²) in [4.78, 5) is 11.5. The van der Waals surface area contributed by atoms with Gasteiger partial charge in [-0.1, -0.05) is 18.1 Å². The van der Waals surface area contributed by atoms with Gasteiger partial charge in [0.05, 0.1) is 6.61 Å². The molecule has 0 aliphatic heterocycles. The van der Waals surface area contributed by atoms with E-state index in [4.69, 9.17) is 4.74 Å². The molecule has 2 rings (SSSR count). The van der Waals surface area contributed by atoms with Gasteiger partial charge in [0.1, 0.15) is 5.41 Å². The summed E-state index contributed by atoms with van der Waals surface area (Å²) in [6.45, 7) is 2.36. The average molecular weight is 166 g/mol. The highest BCUT2D eigenvalue weighted by Crippen LogP contribution is 2.54. The number of fused-ring (bicyclic) bond motifs is 1. The van der Waals surface area contributed by atoms with E-state index in [1.807, 2.05) is 6.92 Å². The van der Waals surface area contributed by atoms with Crippen LogP contribution in [0.3, 0.4) is 0 Å². The van der Waals surface area contributed by atoms with E-state index in [9.17, 15) is 4.79 Å². The minimum Gasteiger partial charge on any atom is -0.465 e. The summed E-state index contributed by atoms with van der Waals surface area (Å²) in [7, 11) is 0. The first-order valence-corrected chi connectivity index (χ1v) is 4.69. The van der Waals surface area contributed by atoms with Crippen LogP contribution in [0.15, 0.2) is 11.6 Å². The standard InChI is InChI=1S/C10H14O2/c1-2-12-9(11)10-6-4-3-5-8(10)7-10/h7H,2-6H2,1H3. The zero-order chi connectivity index (χ0) is 8.60. The molecule has 2 heteroatoms. The molecule has 1 atom stereocenters. The van der Waals surface area contributed by atoms with Crippen LogP contribution in [0, 0.1) is 5.41 Å². The topological polar surface area (TPSA) is 26.3 Å². The van der Waals surface area contributed by atoms with Gasteiger partial charge in [0.2, 0.25) is 0 Å². The lowest BCUT2D eigenvalue weighted by molar-refractivity contribution is -0.149. The Morgan fingerprint density at radius 2 is 2.50 bits per heavy atom. The molecular weight excluding hydrogens is 152 g/mol. The molecule has 0 spiro atoms. The number of hydrogen-bond acceptors (Lipinski definition) is 2. The largest absolute Gasteiger partial charge is 0.465 e. The third kappa shape index (κ3) is 0.977. The van der Waals surface area contributed by atoms with Crippen LogP contribution in [0.25, 0.3) is 0 Å². The smallest absolute Gasteiger partial charge is 0.320 e. The molecule has 0 amide bonds. The number of rotatable bonds is 2. The Kier molecular flexibility index (Phi) is 1.71. The molecule has 1 unspecified atom stereocenters. The highest BCUT2D eigenvalue weighted by atomic mass is 16.5. The summed E-state index contributed by atoms with van der Waals surface area (Å²) in [5.41, 5.74) is 1.11. The minimum absolute atomic E-state index is 0.0142. The summed E-state index contributed by atoms with van der Waals surface area (Å²) < 4.78 is 5.04. The van der Waals surface area contributed by atoms with E-state index in [-0.39, 0.29) is 11.4 Å². The van der Waals surface area contributed by atoms with Crippen molar-refractivity contribution in [3.8, 4) is 0 Å². The van der Waals surface area contributed by atoms with Gasteiger partial charge < -0.3 is 4.74 Å². The Hall–Kier alpha value is -0.790. The maximum Gasteiger partial charge on any atom is 0.320 e. The molecule has 12 heavy (non-hydrogen) atoms. The van der Waals surface area contributed by atoms with Gasteiger partial charge in [-0.25, -0.2) is 0 Å². The van der Waals surface area contributed by atoms with Gasteiger partial charge in [0, 0.05) is 0 Å². The van der Waals surface area contributed by atoms with Crippen molar-refractivity contribution in [2.75, 3.05) is 6.61 Å². The molecule has 0 aromatic heterocycles. The Morgan fingerprint density at radius 1 is 1.67 bits per heavy atom. The first-order chi connectivity index (χ1) is 5.79. The first kappa shape index (κ1) is 7.84. The van der Waals surface area contributed by atoms with Gasteiger partial charge in [-0.2, -0.15) is 0 Å². The molecule has 2 nitrogen and oxygen atoms in total. The summed E-state index contributed by atoms with van der Waals surface area (Å²) in [6.07, 6.45) is 6.60. The predicted molar refractivity (Wildman–Crippen MR) is 45.6 cm³/mol. The van der Waals surface area contributed by atoms with E-state index in [1.165, 1.54) is 18.4 Å². The zero-order valence-corrected chi connectivity index (χ0v) is 7.43. The molecular formula is C10H14O2. The monoisotopic (exact) mass is 166 g/mol. The summed E-state index contributed by atoms with van der Waals surface area (Å²) in [6, 6.07) is 0. The Morgan fingerprint density at radius 3 is 3.17 bits per heavy atom. The van der Waals surface area contributed by atoms with Gasteiger partial charge in [0.25, 0.3) is 0 Å². The quantitative estimate of drug-likeness (QED) is 0.463. The van der Waals surface area contributed by atoms with Gasteiger partial charge >= 0.3 is 5.97 Å². The molecule has 0 saturated heterocycles. The van der Waals surface area contributed by atoms with Gasteiger partial charge in [-0.3, -0.25) is 4.79 Å². The maximum absolute atomic E-state index is 11.5. The predicted octanol–water partition coefficient (Wildman–Crippen LogP) is 2.05. The molecule has 66 valence electrons. The van der Waals surface area contributed by atoms with Crippen molar-refractivity contribution in [1.82, 2.24) is 0 Å². The average Bonchev–Trinajstić information content (AvgIpc) is 2.79. The lowest BCUT2D eigenvalue weighted by Gasteiger charge is -2.20. The van der Waals surface area contributed by atoms with Gasteiger partial charge in [0.15, 0.2) is 0 Å².